The van der Waals surface area contributed by atoms with E-state index in [0.717, 1.165) is 26.1 Å². The van der Waals surface area contributed by atoms with Gasteiger partial charge in [-0.05, 0) is 37.9 Å². The molecule has 0 radical (unpaired) electrons. The molecule has 1 amide bonds. The summed E-state index contributed by atoms with van der Waals surface area (Å²) in [5.74, 6) is 0.0994. The zero-order valence-electron chi connectivity index (χ0n) is 12.7. The van der Waals surface area contributed by atoms with Gasteiger partial charge in [-0.2, -0.15) is 0 Å². The molecule has 0 bridgehead atoms. The van der Waals surface area contributed by atoms with E-state index in [9.17, 15) is 4.79 Å². The first-order valence-corrected chi connectivity index (χ1v) is 7.46. The van der Waals surface area contributed by atoms with Gasteiger partial charge in [0.2, 0.25) is 5.91 Å². The molecule has 4 heteroatoms. The Morgan fingerprint density at radius 2 is 2.25 bits per heavy atom. The van der Waals surface area contributed by atoms with Crippen molar-refractivity contribution in [3.05, 3.63) is 29.3 Å². The highest BCUT2D eigenvalue weighted by Crippen LogP contribution is 2.27. The average Bonchev–Trinajstić information content (AvgIpc) is 2.86. The number of nitrogens with zero attached hydrogens (tertiary/aromatic N) is 1. The Hall–Kier alpha value is -1.55. The number of carbonyl (C=O) groups is 1. The fourth-order valence-corrected chi connectivity index (χ4v) is 2.63. The maximum atomic E-state index is 11.9. The van der Waals surface area contributed by atoms with Crippen LogP contribution in [0, 0.1) is 0 Å². The van der Waals surface area contributed by atoms with Crippen LogP contribution in [0.15, 0.2) is 18.2 Å². The second-order valence-electron chi connectivity index (χ2n) is 5.65. The Kier molecular flexibility index (Phi) is 5.01. The van der Waals surface area contributed by atoms with E-state index in [-0.39, 0.29) is 11.9 Å². The molecule has 0 saturated carbocycles. The standard InChI is InChI=1S/C16H25N3O/c1-4-19(11-15(20)18-12(2)3)10-14-7-5-6-13-8-9-17-16(13)14/h5-7,12,17H,4,8-11H2,1-3H3,(H,18,20). The Bertz CT molecular complexity index is 471. The number of amides is 1. The summed E-state index contributed by atoms with van der Waals surface area (Å²) in [5.41, 5.74) is 3.96. The van der Waals surface area contributed by atoms with E-state index in [0.29, 0.717) is 6.54 Å². The molecular formula is C16H25N3O. The number of fused-ring (bicyclic) bond motifs is 1. The molecule has 2 N–H and O–H groups in total. The summed E-state index contributed by atoms with van der Waals surface area (Å²) in [5, 5.41) is 6.41. The number of hydrogen-bond donors (Lipinski definition) is 2. The third-order valence-corrected chi connectivity index (χ3v) is 3.59. The van der Waals surface area contributed by atoms with Gasteiger partial charge in [0.05, 0.1) is 6.54 Å². The van der Waals surface area contributed by atoms with Crippen LogP contribution in [0.4, 0.5) is 5.69 Å². The van der Waals surface area contributed by atoms with E-state index >= 15 is 0 Å². The van der Waals surface area contributed by atoms with Crippen molar-refractivity contribution in [2.75, 3.05) is 25.0 Å². The Morgan fingerprint density at radius 1 is 1.45 bits per heavy atom. The molecule has 0 atom stereocenters. The third kappa shape index (κ3) is 3.73. The van der Waals surface area contributed by atoms with Gasteiger partial charge >= 0.3 is 0 Å². The summed E-state index contributed by atoms with van der Waals surface area (Å²) in [6.45, 7) is 9.24. The van der Waals surface area contributed by atoms with Crippen LogP contribution < -0.4 is 10.6 Å². The van der Waals surface area contributed by atoms with Gasteiger partial charge in [0.1, 0.15) is 0 Å². The molecule has 4 nitrogen and oxygen atoms in total. The minimum atomic E-state index is 0.0994. The van der Waals surface area contributed by atoms with E-state index in [1.54, 1.807) is 0 Å². The Morgan fingerprint density at radius 3 is 2.95 bits per heavy atom. The lowest BCUT2D eigenvalue weighted by molar-refractivity contribution is -0.122. The normalized spacial score (nSPS) is 13.4. The summed E-state index contributed by atoms with van der Waals surface area (Å²) in [4.78, 5) is 14.1. The number of carbonyl (C=O) groups excluding carboxylic acids is 1. The fourth-order valence-electron chi connectivity index (χ4n) is 2.63. The summed E-state index contributed by atoms with van der Waals surface area (Å²) in [7, 11) is 0. The van der Waals surface area contributed by atoms with Crippen LogP contribution >= 0.6 is 0 Å². The third-order valence-electron chi connectivity index (χ3n) is 3.59. The maximum Gasteiger partial charge on any atom is 0.234 e. The molecule has 0 saturated heterocycles. The van der Waals surface area contributed by atoms with Crippen molar-refractivity contribution < 1.29 is 4.79 Å². The van der Waals surface area contributed by atoms with Crippen molar-refractivity contribution in [1.29, 1.82) is 0 Å². The van der Waals surface area contributed by atoms with E-state index < -0.39 is 0 Å². The van der Waals surface area contributed by atoms with E-state index in [2.05, 4.69) is 40.7 Å². The van der Waals surface area contributed by atoms with Crippen molar-refractivity contribution in [1.82, 2.24) is 10.2 Å². The number of anilines is 1. The van der Waals surface area contributed by atoms with Crippen LogP contribution in [0.1, 0.15) is 31.9 Å². The quantitative estimate of drug-likeness (QED) is 0.834. The van der Waals surface area contributed by atoms with E-state index in [4.69, 9.17) is 0 Å². The van der Waals surface area contributed by atoms with E-state index in [1.807, 2.05) is 13.8 Å². The summed E-state index contributed by atoms with van der Waals surface area (Å²) < 4.78 is 0. The van der Waals surface area contributed by atoms with Gasteiger partial charge in [-0.15, -0.1) is 0 Å². The number of benzene rings is 1. The van der Waals surface area contributed by atoms with Crippen molar-refractivity contribution in [3.63, 3.8) is 0 Å². The van der Waals surface area contributed by atoms with Crippen molar-refractivity contribution in [3.8, 4) is 0 Å². The molecule has 0 aromatic heterocycles. The molecule has 0 unspecified atom stereocenters. The van der Waals surface area contributed by atoms with Crippen molar-refractivity contribution >= 4 is 11.6 Å². The summed E-state index contributed by atoms with van der Waals surface area (Å²) in [6, 6.07) is 6.65. The predicted molar refractivity (Wildman–Crippen MR) is 82.9 cm³/mol. The van der Waals surface area contributed by atoms with Crippen molar-refractivity contribution in [2.24, 2.45) is 0 Å². The summed E-state index contributed by atoms with van der Waals surface area (Å²) in [6.07, 6.45) is 1.10. The first kappa shape index (κ1) is 14.9. The van der Waals surface area contributed by atoms with Gasteiger partial charge in [-0.3, -0.25) is 9.69 Å². The maximum absolute atomic E-state index is 11.9. The zero-order valence-corrected chi connectivity index (χ0v) is 12.7. The van der Waals surface area contributed by atoms with Gasteiger partial charge in [0, 0.05) is 24.8 Å². The first-order chi connectivity index (χ1) is 9.60. The number of likely N-dealkylation sites (N-methyl/N-ethyl adjacent to an activating group) is 1. The topological polar surface area (TPSA) is 44.4 Å². The monoisotopic (exact) mass is 275 g/mol. The lowest BCUT2D eigenvalue weighted by Crippen LogP contribution is -2.39. The number of hydrogen-bond acceptors (Lipinski definition) is 3. The molecule has 1 aliphatic heterocycles. The SMILES string of the molecule is CCN(CC(=O)NC(C)C)Cc1cccc2c1NCC2. The van der Waals surface area contributed by atoms with Crippen LogP contribution in [-0.2, 0) is 17.8 Å². The van der Waals surface area contributed by atoms with Gasteiger partial charge in [0.15, 0.2) is 0 Å². The fraction of sp³-hybridized carbons (Fsp3) is 0.562. The number of nitrogens with one attached hydrogen (secondary N) is 2. The smallest absolute Gasteiger partial charge is 0.234 e. The molecular weight excluding hydrogens is 250 g/mol. The van der Waals surface area contributed by atoms with Crippen LogP contribution in [-0.4, -0.2) is 36.5 Å². The van der Waals surface area contributed by atoms with Gasteiger partial charge in [0.25, 0.3) is 0 Å². The van der Waals surface area contributed by atoms with Gasteiger partial charge < -0.3 is 10.6 Å². The van der Waals surface area contributed by atoms with Crippen LogP contribution in [0.2, 0.25) is 0 Å². The molecule has 1 heterocycles. The highest BCUT2D eigenvalue weighted by atomic mass is 16.2. The van der Waals surface area contributed by atoms with Crippen LogP contribution in [0.5, 0.6) is 0 Å². The van der Waals surface area contributed by atoms with E-state index in [1.165, 1.54) is 16.8 Å². The molecule has 1 aromatic carbocycles. The highest BCUT2D eigenvalue weighted by Gasteiger charge is 2.16. The number of rotatable bonds is 6. The molecule has 1 aliphatic rings. The lowest BCUT2D eigenvalue weighted by atomic mass is 10.1. The Balaban J connectivity index is 2.00. The van der Waals surface area contributed by atoms with Crippen molar-refractivity contribution in [2.45, 2.75) is 39.8 Å². The molecule has 2 rings (SSSR count). The first-order valence-electron chi connectivity index (χ1n) is 7.46. The molecule has 1 aromatic rings. The molecule has 0 fully saturated rings. The minimum Gasteiger partial charge on any atom is -0.384 e. The van der Waals surface area contributed by atoms with Gasteiger partial charge in [-0.25, -0.2) is 0 Å². The highest BCUT2D eigenvalue weighted by molar-refractivity contribution is 5.78. The second kappa shape index (κ2) is 6.75. The van der Waals surface area contributed by atoms with Crippen LogP contribution in [0.3, 0.4) is 0 Å². The molecule has 110 valence electrons. The van der Waals surface area contributed by atoms with Crippen LogP contribution in [0.25, 0.3) is 0 Å². The predicted octanol–water partition coefficient (Wildman–Crippen LogP) is 2.00. The molecule has 0 spiro atoms. The molecule has 0 aliphatic carbocycles. The summed E-state index contributed by atoms with van der Waals surface area (Å²) >= 11 is 0. The zero-order chi connectivity index (χ0) is 14.5. The molecule has 20 heavy (non-hydrogen) atoms. The van der Waals surface area contributed by atoms with Gasteiger partial charge in [-0.1, -0.05) is 25.1 Å². The largest absolute Gasteiger partial charge is 0.384 e. The lowest BCUT2D eigenvalue weighted by Gasteiger charge is -2.22. The Labute approximate surface area is 121 Å². The number of para-hydroxylation sites is 1. The minimum absolute atomic E-state index is 0.0994. The second-order valence-corrected chi connectivity index (χ2v) is 5.65. The average molecular weight is 275 g/mol.